The van der Waals surface area contributed by atoms with Crippen LogP contribution in [0.5, 0.6) is 0 Å². The minimum absolute atomic E-state index is 0. The summed E-state index contributed by atoms with van der Waals surface area (Å²) in [4.78, 5) is 14.1. The van der Waals surface area contributed by atoms with E-state index in [-0.39, 0.29) is 63.7 Å². The summed E-state index contributed by atoms with van der Waals surface area (Å²) in [6.07, 6.45) is 7.15. The van der Waals surface area contributed by atoms with Crippen LogP contribution in [0.3, 0.4) is 0 Å². The Morgan fingerprint density at radius 2 is 2.12 bits per heavy atom. The predicted octanol–water partition coefficient (Wildman–Crippen LogP) is -1.25. The van der Waals surface area contributed by atoms with Gasteiger partial charge < -0.3 is 15.2 Å². The molecule has 17 heavy (non-hydrogen) atoms. The molecular weight excluding hydrogens is 245 g/mol. The summed E-state index contributed by atoms with van der Waals surface area (Å²) in [5.74, 6) is -1.11. The van der Waals surface area contributed by atoms with Crippen molar-refractivity contribution in [1.29, 1.82) is 0 Å². The molecule has 0 saturated heterocycles. The van der Waals surface area contributed by atoms with E-state index in [4.69, 9.17) is 5.11 Å². The first kappa shape index (κ1) is 19.7. The average Bonchev–Trinajstić information content (AvgIpc) is 2.15. The molecule has 0 aliphatic carbocycles. The zero-order valence-electron chi connectivity index (χ0n) is 11.0. The second-order valence-corrected chi connectivity index (χ2v) is 3.78. The molecule has 5 heteroatoms. The van der Waals surface area contributed by atoms with E-state index in [0.717, 1.165) is 19.3 Å². The van der Waals surface area contributed by atoms with Crippen LogP contribution in [0.2, 0.25) is 0 Å². The van der Waals surface area contributed by atoms with E-state index in [2.05, 4.69) is 11.1 Å². The third-order valence-corrected chi connectivity index (χ3v) is 2.08. The number of rotatable bonds is 8. The molecule has 0 heterocycles. The number of carbonyl (C=O) groups is 1. The van der Waals surface area contributed by atoms with Crippen molar-refractivity contribution in [2.24, 2.45) is 4.99 Å². The van der Waals surface area contributed by atoms with E-state index in [0.29, 0.717) is 6.42 Å². The molecule has 0 amide bonds. The molecule has 0 aliphatic rings. The summed E-state index contributed by atoms with van der Waals surface area (Å²) < 4.78 is 0. The van der Waals surface area contributed by atoms with Gasteiger partial charge in [-0.2, -0.15) is 0 Å². The second kappa shape index (κ2) is 12.8. The van der Waals surface area contributed by atoms with E-state index < -0.39 is 12.0 Å². The number of carboxylic acid groups (broad SMARTS) is 1. The zero-order valence-corrected chi connectivity index (χ0v) is 14.1. The van der Waals surface area contributed by atoms with E-state index in [1.165, 1.54) is 0 Å². The van der Waals surface area contributed by atoms with Gasteiger partial charge in [0.1, 0.15) is 0 Å². The average molecular weight is 265 g/mol. The summed E-state index contributed by atoms with van der Waals surface area (Å²) in [6, 6.07) is -0.416. The minimum atomic E-state index is -0.919. The maximum atomic E-state index is 11.3. The van der Waals surface area contributed by atoms with Crippen LogP contribution < -0.4 is 56.5 Å². The van der Waals surface area contributed by atoms with E-state index in [1.54, 1.807) is 6.92 Å². The van der Waals surface area contributed by atoms with Crippen molar-refractivity contribution >= 4 is 11.9 Å². The molecule has 0 aromatic carbocycles. The summed E-state index contributed by atoms with van der Waals surface area (Å²) in [6.45, 7) is 3.61. The van der Waals surface area contributed by atoms with Crippen molar-refractivity contribution in [2.45, 2.75) is 52.0 Å². The van der Waals surface area contributed by atoms with Crippen LogP contribution in [0.25, 0.3) is 0 Å². The topological polar surface area (TPSA) is 72.7 Å². The Balaban J connectivity index is 0. The number of hydrogen-bond acceptors (Lipinski definition) is 3. The zero-order chi connectivity index (χ0) is 12.4. The van der Waals surface area contributed by atoms with Crippen LogP contribution in [0.1, 0.15) is 46.0 Å². The largest absolute Gasteiger partial charge is 1.00 e. The third kappa shape index (κ3) is 14.3. The Morgan fingerprint density at radius 3 is 2.65 bits per heavy atom. The molecule has 0 bridgehead atoms. The molecule has 0 fully saturated rings. The summed E-state index contributed by atoms with van der Waals surface area (Å²) in [5.41, 5.74) is 0. The molecule has 1 atom stereocenters. The third-order valence-electron chi connectivity index (χ3n) is 2.08. The Kier molecular flexibility index (Phi) is 14.8. The van der Waals surface area contributed by atoms with Crippen LogP contribution in [0.4, 0.5) is 0 Å². The first-order valence-electron chi connectivity index (χ1n) is 5.63. The Bertz CT molecular complexity index is 264. The number of hydrogen-bond donors (Lipinski definition) is 1. The van der Waals surface area contributed by atoms with Crippen molar-refractivity contribution in [2.75, 3.05) is 0 Å². The van der Waals surface area contributed by atoms with Gasteiger partial charge in [-0.3, -0.25) is 4.79 Å². The minimum Gasteiger partial charge on any atom is -0.862 e. The molecule has 0 aromatic heterocycles. The summed E-state index contributed by atoms with van der Waals surface area (Å²) in [5, 5.41) is 19.8. The van der Waals surface area contributed by atoms with E-state index in [9.17, 15) is 9.90 Å². The molecule has 0 aliphatic heterocycles. The van der Waals surface area contributed by atoms with Crippen molar-refractivity contribution in [3.8, 4) is 0 Å². The van der Waals surface area contributed by atoms with Crippen molar-refractivity contribution in [1.82, 2.24) is 0 Å². The van der Waals surface area contributed by atoms with Crippen LogP contribution in [0, 0.1) is 0 Å². The van der Waals surface area contributed by atoms with Crippen LogP contribution in [0.15, 0.2) is 17.1 Å². The van der Waals surface area contributed by atoms with Gasteiger partial charge in [-0.25, -0.2) is 0 Å². The van der Waals surface area contributed by atoms with E-state index >= 15 is 0 Å². The summed E-state index contributed by atoms with van der Waals surface area (Å²) >= 11 is 0. The smallest absolute Gasteiger partial charge is 0.862 e. The van der Waals surface area contributed by atoms with Gasteiger partial charge in [0.15, 0.2) is 0 Å². The Labute approximate surface area is 146 Å². The van der Waals surface area contributed by atoms with Gasteiger partial charge in [0.25, 0.3) is 0 Å². The quantitative estimate of drug-likeness (QED) is 0.196. The molecule has 0 spiro atoms. The van der Waals surface area contributed by atoms with Crippen molar-refractivity contribution in [3.05, 3.63) is 12.2 Å². The Morgan fingerprint density at radius 1 is 1.47 bits per heavy atom. The fraction of sp³-hybridized carbons (Fsp3) is 0.667. The number of carboxylic acids is 1. The van der Waals surface area contributed by atoms with Gasteiger partial charge in [-0.1, -0.05) is 12.2 Å². The number of nitrogens with zero attached hydrogens (tertiary/aromatic N) is 1. The number of aliphatic imine (C=N–C) groups is 1. The fourth-order valence-electron chi connectivity index (χ4n) is 1.31. The van der Waals surface area contributed by atoms with Gasteiger partial charge in [0.05, 0.1) is 12.5 Å². The molecule has 0 radical (unpaired) electrons. The molecule has 0 saturated carbocycles. The normalized spacial score (nSPS) is 13.4. The molecule has 4 nitrogen and oxygen atoms in total. The first-order chi connectivity index (χ1) is 7.56. The fourth-order valence-corrected chi connectivity index (χ4v) is 1.31. The number of unbranched alkanes of at least 4 members (excludes halogenated alkanes) is 2. The van der Waals surface area contributed by atoms with Crippen molar-refractivity contribution < 1.29 is 66.4 Å². The monoisotopic (exact) mass is 265 g/mol. The molecule has 92 valence electrons. The van der Waals surface area contributed by atoms with Gasteiger partial charge in [-0.05, 0) is 45.4 Å². The number of allylic oxidation sites excluding steroid dienone is 2. The first-order valence-corrected chi connectivity index (χ1v) is 5.63. The molecule has 0 rings (SSSR count). The SMILES string of the molecule is C/C=C/CCCCC([O-])=NC(C)CC(=O)O.[K+]. The maximum Gasteiger partial charge on any atom is 1.00 e. The molecular formula is C12H20KNO3. The van der Waals surface area contributed by atoms with Gasteiger partial charge >= 0.3 is 57.4 Å². The maximum absolute atomic E-state index is 11.3. The van der Waals surface area contributed by atoms with E-state index in [1.807, 2.05) is 13.0 Å². The van der Waals surface area contributed by atoms with Gasteiger partial charge in [0.2, 0.25) is 0 Å². The predicted molar refractivity (Wildman–Crippen MR) is 62.4 cm³/mol. The number of aliphatic carboxylic acids is 1. The molecule has 1 unspecified atom stereocenters. The summed E-state index contributed by atoms with van der Waals surface area (Å²) in [7, 11) is 0. The standard InChI is InChI=1S/C12H21NO3.K/c1-3-4-5-6-7-8-11(14)13-10(2)9-12(15)16;/h3-4,10H,5-9H2,1-2H3,(H,13,14)(H,15,16);/q;+1/p-1/b4-3+;. The van der Waals surface area contributed by atoms with Crippen molar-refractivity contribution in [3.63, 3.8) is 0 Å². The molecule has 0 aromatic rings. The second-order valence-electron chi connectivity index (χ2n) is 3.78. The van der Waals surface area contributed by atoms with Gasteiger partial charge in [0, 0.05) is 0 Å². The molecule has 1 N–H and O–H groups in total. The van der Waals surface area contributed by atoms with Crippen LogP contribution in [-0.2, 0) is 4.79 Å². The van der Waals surface area contributed by atoms with Crippen LogP contribution in [-0.4, -0.2) is 23.0 Å². The van der Waals surface area contributed by atoms with Crippen LogP contribution >= 0.6 is 0 Å². The Hall–Kier alpha value is 0.316. The van der Waals surface area contributed by atoms with Gasteiger partial charge in [-0.15, -0.1) is 0 Å².